The van der Waals surface area contributed by atoms with Gasteiger partial charge in [0.15, 0.2) is 5.65 Å². The van der Waals surface area contributed by atoms with Crippen LogP contribution in [-0.4, -0.2) is 43.4 Å². The third-order valence-corrected chi connectivity index (χ3v) is 3.94. The average molecular weight is 328 g/mol. The van der Waals surface area contributed by atoms with Crippen molar-refractivity contribution in [2.75, 3.05) is 11.9 Å². The fourth-order valence-electron chi connectivity index (χ4n) is 2.77. The van der Waals surface area contributed by atoms with Crippen molar-refractivity contribution in [2.45, 2.75) is 25.5 Å². The van der Waals surface area contributed by atoms with E-state index < -0.39 is 0 Å². The van der Waals surface area contributed by atoms with Gasteiger partial charge >= 0.3 is 5.69 Å². The number of rotatable bonds is 4. The van der Waals surface area contributed by atoms with E-state index in [1.54, 1.807) is 23.1 Å². The number of aromatic nitrogens is 5. The van der Waals surface area contributed by atoms with Crippen LogP contribution in [0.15, 0.2) is 29.5 Å². The largest absolute Gasteiger partial charge is 0.376 e. The molecule has 1 aliphatic heterocycles. The molecular formula is C15H16N6O3. The summed E-state index contributed by atoms with van der Waals surface area (Å²) in [5.41, 5.74) is 1.50. The standard InChI is InChI=1S/C15H16N6O3/c22-14(9-4-12-13(16-5-9)20-15(23)19-12)18-10-6-17-21(7-10)8-11-2-1-3-24-11/h4-7,11H,1-3,8H2,(H,18,22)(H2,16,19,20,23). The van der Waals surface area contributed by atoms with Gasteiger partial charge in [0.25, 0.3) is 5.91 Å². The second kappa shape index (κ2) is 5.93. The molecule has 0 aliphatic carbocycles. The Morgan fingerprint density at radius 1 is 1.42 bits per heavy atom. The fraction of sp³-hybridized carbons (Fsp3) is 0.333. The highest BCUT2D eigenvalue weighted by Gasteiger charge is 2.17. The number of nitrogens with zero attached hydrogens (tertiary/aromatic N) is 3. The first-order valence-electron chi connectivity index (χ1n) is 7.71. The van der Waals surface area contributed by atoms with Crippen molar-refractivity contribution in [3.8, 4) is 0 Å². The zero-order chi connectivity index (χ0) is 16.5. The van der Waals surface area contributed by atoms with Gasteiger partial charge in [-0.25, -0.2) is 9.78 Å². The molecule has 0 spiro atoms. The van der Waals surface area contributed by atoms with Crippen molar-refractivity contribution in [2.24, 2.45) is 0 Å². The summed E-state index contributed by atoms with van der Waals surface area (Å²) in [6.07, 6.45) is 7.07. The number of imidazole rings is 1. The van der Waals surface area contributed by atoms with Gasteiger partial charge in [0, 0.05) is 19.0 Å². The zero-order valence-corrected chi connectivity index (χ0v) is 12.8. The molecule has 0 aromatic carbocycles. The minimum absolute atomic E-state index is 0.186. The van der Waals surface area contributed by atoms with Crippen molar-refractivity contribution in [1.29, 1.82) is 0 Å². The Morgan fingerprint density at radius 2 is 2.33 bits per heavy atom. The molecule has 0 radical (unpaired) electrons. The second-order valence-electron chi connectivity index (χ2n) is 5.74. The average Bonchev–Trinajstić information content (AvgIpc) is 3.27. The lowest BCUT2D eigenvalue weighted by molar-refractivity contribution is 0.0940. The molecule has 24 heavy (non-hydrogen) atoms. The highest BCUT2D eigenvalue weighted by atomic mass is 16.5. The van der Waals surface area contributed by atoms with Crippen LogP contribution in [0.2, 0.25) is 0 Å². The van der Waals surface area contributed by atoms with E-state index in [1.165, 1.54) is 6.20 Å². The van der Waals surface area contributed by atoms with Crippen LogP contribution in [0.1, 0.15) is 23.2 Å². The topological polar surface area (TPSA) is 118 Å². The molecule has 1 unspecified atom stereocenters. The fourth-order valence-corrected chi connectivity index (χ4v) is 2.77. The Hall–Kier alpha value is -2.94. The van der Waals surface area contributed by atoms with E-state index in [9.17, 15) is 9.59 Å². The summed E-state index contributed by atoms with van der Waals surface area (Å²) in [6.45, 7) is 1.47. The molecule has 1 aliphatic rings. The lowest BCUT2D eigenvalue weighted by atomic mass is 10.2. The Bertz CT molecular complexity index is 934. The molecule has 3 aromatic rings. The van der Waals surface area contributed by atoms with E-state index in [-0.39, 0.29) is 17.7 Å². The van der Waals surface area contributed by atoms with Gasteiger partial charge in [-0.15, -0.1) is 0 Å². The van der Waals surface area contributed by atoms with Gasteiger partial charge in [-0.3, -0.25) is 14.5 Å². The Labute approximate surface area is 136 Å². The van der Waals surface area contributed by atoms with E-state index in [0.717, 1.165) is 19.4 Å². The van der Waals surface area contributed by atoms with E-state index in [1.807, 2.05) is 0 Å². The van der Waals surface area contributed by atoms with E-state index in [2.05, 4.69) is 25.4 Å². The smallest absolute Gasteiger partial charge is 0.325 e. The summed E-state index contributed by atoms with van der Waals surface area (Å²) in [5.74, 6) is -0.317. The Kier molecular flexibility index (Phi) is 3.62. The molecule has 3 N–H and O–H groups in total. The van der Waals surface area contributed by atoms with Crippen LogP contribution in [0.5, 0.6) is 0 Å². The van der Waals surface area contributed by atoms with Crippen molar-refractivity contribution in [3.63, 3.8) is 0 Å². The molecule has 9 nitrogen and oxygen atoms in total. The number of fused-ring (bicyclic) bond motifs is 1. The molecule has 1 amide bonds. The normalized spacial score (nSPS) is 17.4. The maximum absolute atomic E-state index is 12.3. The van der Waals surface area contributed by atoms with Gasteiger partial charge < -0.3 is 15.0 Å². The maximum atomic E-state index is 12.3. The third-order valence-electron chi connectivity index (χ3n) is 3.94. The SMILES string of the molecule is O=C(Nc1cnn(CC2CCCO2)c1)c1cnc2[nH]c(=O)[nH]c2c1. The third kappa shape index (κ3) is 2.93. The van der Waals surface area contributed by atoms with Gasteiger partial charge in [0.1, 0.15) is 0 Å². The molecule has 1 saturated heterocycles. The minimum atomic E-state index is -0.356. The molecule has 3 aromatic heterocycles. The predicted molar refractivity (Wildman–Crippen MR) is 85.9 cm³/mol. The number of aromatic amines is 2. The first-order valence-corrected chi connectivity index (χ1v) is 7.71. The number of hydrogen-bond donors (Lipinski definition) is 3. The second-order valence-corrected chi connectivity index (χ2v) is 5.74. The summed E-state index contributed by atoms with van der Waals surface area (Å²) in [4.78, 5) is 32.7. The van der Waals surface area contributed by atoms with Crippen LogP contribution in [0.3, 0.4) is 0 Å². The molecule has 0 bridgehead atoms. The number of nitrogens with one attached hydrogen (secondary N) is 3. The first kappa shape index (κ1) is 14.6. The van der Waals surface area contributed by atoms with Crippen molar-refractivity contribution in [3.05, 3.63) is 40.7 Å². The predicted octanol–water partition coefficient (Wildman–Crippen LogP) is 0.879. The molecule has 1 fully saturated rings. The van der Waals surface area contributed by atoms with Gasteiger partial charge in [0.2, 0.25) is 0 Å². The van der Waals surface area contributed by atoms with Gasteiger partial charge in [0.05, 0.1) is 35.6 Å². The number of anilines is 1. The molecule has 4 rings (SSSR count). The summed E-state index contributed by atoms with van der Waals surface area (Å²) in [7, 11) is 0. The van der Waals surface area contributed by atoms with Crippen LogP contribution < -0.4 is 11.0 Å². The van der Waals surface area contributed by atoms with E-state index in [0.29, 0.717) is 29.0 Å². The Balaban J connectivity index is 1.46. The summed E-state index contributed by atoms with van der Waals surface area (Å²) in [5, 5.41) is 7.00. The molecular weight excluding hydrogens is 312 g/mol. The summed E-state index contributed by atoms with van der Waals surface area (Å²) >= 11 is 0. The lowest BCUT2D eigenvalue weighted by Gasteiger charge is -2.08. The lowest BCUT2D eigenvalue weighted by Crippen LogP contribution is -2.15. The monoisotopic (exact) mass is 328 g/mol. The van der Waals surface area contributed by atoms with Crippen molar-refractivity contribution < 1.29 is 9.53 Å². The van der Waals surface area contributed by atoms with Crippen molar-refractivity contribution >= 4 is 22.8 Å². The van der Waals surface area contributed by atoms with Gasteiger partial charge in [-0.05, 0) is 18.9 Å². The number of amides is 1. The molecule has 1 atom stereocenters. The maximum Gasteiger partial charge on any atom is 0.325 e. The number of hydrogen-bond acceptors (Lipinski definition) is 5. The minimum Gasteiger partial charge on any atom is -0.376 e. The molecule has 4 heterocycles. The number of ether oxygens (including phenoxy) is 1. The Morgan fingerprint density at radius 3 is 3.17 bits per heavy atom. The number of pyridine rings is 1. The van der Waals surface area contributed by atoms with E-state index >= 15 is 0 Å². The number of H-pyrrole nitrogens is 2. The highest BCUT2D eigenvalue weighted by molar-refractivity contribution is 6.05. The van der Waals surface area contributed by atoms with Crippen LogP contribution in [0.25, 0.3) is 11.2 Å². The zero-order valence-electron chi connectivity index (χ0n) is 12.8. The van der Waals surface area contributed by atoms with Gasteiger partial charge in [-0.1, -0.05) is 0 Å². The molecule has 9 heteroatoms. The van der Waals surface area contributed by atoms with Crippen LogP contribution in [-0.2, 0) is 11.3 Å². The number of carbonyl (C=O) groups is 1. The highest BCUT2D eigenvalue weighted by Crippen LogP contribution is 2.15. The summed E-state index contributed by atoms with van der Waals surface area (Å²) in [6, 6.07) is 1.58. The quantitative estimate of drug-likeness (QED) is 0.657. The first-order chi connectivity index (χ1) is 11.7. The van der Waals surface area contributed by atoms with Crippen molar-refractivity contribution in [1.82, 2.24) is 24.7 Å². The van der Waals surface area contributed by atoms with Crippen LogP contribution in [0.4, 0.5) is 5.69 Å². The van der Waals surface area contributed by atoms with Crippen LogP contribution in [0, 0.1) is 0 Å². The van der Waals surface area contributed by atoms with Crippen LogP contribution >= 0.6 is 0 Å². The number of carbonyl (C=O) groups excluding carboxylic acids is 1. The molecule has 0 saturated carbocycles. The van der Waals surface area contributed by atoms with E-state index in [4.69, 9.17) is 4.74 Å². The summed E-state index contributed by atoms with van der Waals surface area (Å²) < 4.78 is 7.33. The van der Waals surface area contributed by atoms with Gasteiger partial charge in [-0.2, -0.15) is 5.10 Å². The molecule has 124 valence electrons.